The van der Waals surface area contributed by atoms with Crippen LogP contribution < -0.4 is 5.32 Å². The molecule has 0 aliphatic heterocycles. The molecule has 4 rings (SSSR count). The number of carbonyl (C=O) groups excluding carboxylic acids is 1. The highest BCUT2D eigenvalue weighted by molar-refractivity contribution is 5.94. The Hall–Kier alpha value is -3.02. The lowest BCUT2D eigenvalue weighted by Crippen LogP contribution is -2.27. The summed E-state index contributed by atoms with van der Waals surface area (Å²) in [6.45, 7) is 2.01. The number of rotatable bonds is 4. The minimum atomic E-state index is -0.128. The molecule has 1 N–H and O–H groups in total. The highest BCUT2D eigenvalue weighted by Gasteiger charge is 2.16. The molecule has 0 spiro atoms. The number of aryl methyl sites for hydroxylation is 2. The molecule has 0 saturated heterocycles. The van der Waals surface area contributed by atoms with Gasteiger partial charge in [0.05, 0.1) is 6.04 Å². The van der Waals surface area contributed by atoms with E-state index in [-0.39, 0.29) is 11.9 Å². The zero-order valence-electron chi connectivity index (χ0n) is 14.0. The standard InChI is InChI=1S/C19H19N5O/c1-13(15-6-5-14-3-2-4-16(14)9-15)23-19(25)17-7-8-21-18(10-17)24-12-20-11-22-24/h5-13H,2-4H2,1H3,(H,23,25). The first kappa shape index (κ1) is 15.5. The molecule has 1 unspecified atom stereocenters. The summed E-state index contributed by atoms with van der Waals surface area (Å²) in [4.78, 5) is 20.7. The third kappa shape index (κ3) is 3.15. The SMILES string of the molecule is CC(NC(=O)c1ccnc(-n2cncn2)c1)c1ccc2c(c1)CCC2. The van der Waals surface area contributed by atoms with Crippen molar-refractivity contribution in [1.29, 1.82) is 0 Å². The maximum absolute atomic E-state index is 12.6. The topological polar surface area (TPSA) is 72.7 Å². The number of nitrogens with one attached hydrogen (secondary N) is 1. The Morgan fingerprint density at radius 1 is 1.20 bits per heavy atom. The number of benzene rings is 1. The van der Waals surface area contributed by atoms with Gasteiger partial charge in [-0.25, -0.2) is 14.6 Å². The van der Waals surface area contributed by atoms with Crippen LogP contribution in [0.15, 0.2) is 49.2 Å². The smallest absolute Gasteiger partial charge is 0.251 e. The van der Waals surface area contributed by atoms with Gasteiger partial charge in [-0.2, -0.15) is 5.10 Å². The predicted octanol–water partition coefficient (Wildman–Crippen LogP) is 2.64. The molecule has 1 aliphatic carbocycles. The summed E-state index contributed by atoms with van der Waals surface area (Å²) in [6.07, 6.45) is 8.11. The molecule has 0 bridgehead atoms. The van der Waals surface area contributed by atoms with Gasteiger partial charge in [-0.3, -0.25) is 4.79 Å². The lowest BCUT2D eigenvalue weighted by Gasteiger charge is -2.16. The normalized spacial score (nSPS) is 14.1. The van der Waals surface area contributed by atoms with Gasteiger partial charge in [0.2, 0.25) is 0 Å². The van der Waals surface area contributed by atoms with Gasteiger partial charge in [0.15, 0.2) is 5.82 Å². The summed E-state index contributed by atoms with van der Waals surface area (Å²) in [7, 11) is 0. The number of amides is 1. The maximum Gasteiger partial charge on any atom is 0.251 e. The first-order valence-electron chi connectivity index (χ1n) is 8.44. The maximum atomic E-state index is 12.6. The van der Waals surface area contributed by atoms with E-state index < -0.39 is 0 Å². The Kier molecular flexibility index (Phi) is 4.01. The highest BCUT2D eigenvalue weighted by atomic mass is 16.1. The quantitative estimate of drug-likeness (QED) is 0.796. The Morgan fingerprint density at radius 3 is 2.92 bits per heavy atom. The van der Waals surface area contributed by atoms with E-state index in [4.69, 9.17) is 0 Å². The van der Waals surface area contributed by atoms with Gasteiger partial charge in [-0.15, -0.1) is 0 Å². The van der Waals surface area contributed by atoms with Crippen LogP contribution in [0.1, 0.15) is 46.4 Å². The fraction of sp³-hybridized carbons (Fsp3) is 0.263. The van der Waals surface area contributed by atoms with Crippen LogP contribution in [0.4, 0.5) is 0 Å². The van der Waals surface area contributed by atoms with E-state index in [1.165, 1.54) is 35.0 Å². The number of nitrogens with zero attached hydrogens (tertiary/aromatic N) is 4. The number of carbonyl (C=O) groups is 1. The average molecular weight is 333 g/mol. The van der Waals surface area contributed by atoms with E-state index in [0.29, 0.717) is 11.4 Å². The second kappa shape index (κ2) is 6.47. The van der Waals surface area contributed by atoms with Crippen LogP contribution >= 0.6 is 0 Å². The Bertz CT molecular complexity index is 904. The van der Waals surface area contributed by atoms with Gasteiger partial charge in [0.1, 0.15) is 12.7 Å². The number of pyridine rings is 1. The van der Waals surface area contributed by atoms with Crippen molar-refractivity contribution in [2.45, 2.75) is 32.2 Å². The van der Waals surface area contributed by atoms with E-state index >= 15 is 0 Å². The van der Waals surface area contributed by atoms with Crippen molar-refractivity contribution >= 4 is 5.91 Å². The van der Waals surface area contributed by atoms with Gasteiger partial charge in [-0.05, 0) is 55.0 Å². The van der Waals surface area contributed by atoms with Crippen LogP contribution in [-0.4, -0.2) is 25.7 Å². The van der Waals surface area contributed by atoms with E-state index in [0.717, 1.165) is 12.0 Å². The minimum Gasteiger partial charge on any atom is -0.346 e. The van der Waals surface area contributed by atoms with Crippen molar-refractivity contribution < 1.29 is 4.79 Å². The van der Waals surface area contributed by atoms with Crippen LogP contribution in [0.5, 0.6) is 0 Å². The summed E-state index contributed by atoms with van der Waals surface area (Å²) in [5, 5.41) is 7.10. The Balaban J connectivity index is 1.51. The molecular formula is C19H19N5O. The van der Waals surface area contributed by atoms with Crippen molar-refractivity contribution in [3.8, 4) is 5.82 Å². The highest BCUT2D eigenvalue weighted by Crippen LogP contribution is 2.25. The molecule has 6 nitrogen and oxygen atoms in total. The fourth-order valence-corrected chi connectivity index (χ4v) is 3.24. The van der Waals surface area contributed by atoms with Gasteiger partial charge in [0.25, 0.3) is 5.91 Å². The van der Waals surface area contributed by atoms with Gasteiger partial charge >= 0.3 is 0 Å². The average Bonchev–Trinajstić information content (AvgIpc) is 3.32. The molecule has 1 aliphatic rings. The lowest BCUT2D eigenvalue weighted by atomic mass is 10.0. The number of aromatic nitrogens is 4. The summed E-state index contributed by atoms with van der Waals surface area (Å²) >= 11 is 0. The fourth-order valence-electron chi connectivity index (χ4n) is 3.24. The molecule has 126 valence electrons. The molecule has 3 aromatic rings. The summed E-state index contributed by atoms with van der Waals surface area (Å²) in [5.41, 5.74) is 4.54. The number of fused-ring (bicyclic) bond motifs is 1. The predicted molar refractivity (Wildman–Crippen MR) is 93.5 cm³/mol. The summed E-state index contributed by atoms with van der Waals surface area (Å²) in [6, 6.07) is 9.88. The van der Waals surface area contributed by atoms with E-state index in [1.807, 2.05) is 6.92 Å². The molecule has 0 saturated carbocycles. The largest absolute Gasteiger partial charge is 0.346 e. The molecule has 1 amide bonds. The molecule has 0 fully saturated rings. The molecule has 2 aromatic heterocycles. The van der Waals surface area contributed by atoms with E-state index in [9.17, 15) is 4.79 Å². The Labute approximate surface area is 145 Å². The van der Waals surface area contributed by atoms with E-state index in [2.05, 4.69) is 38.6 Å². The van der Waals surface area contributed by atoms with Gasteiger partial charge in [0, 0.05) is 11.8 Å². The second-order valence-corrected chi connectivity index (χ2v) is 6.32. The van der Waals surface area contributed by atoms with Crippen LogP contribution in [0.2, 0.25) is 0 Å². The summed E-state index contributed by atoms with van der Waals surface area (Å²) in [5.74, 6) is 0.437. The van der Waals surface area contributed by atoms with Crippen molar-refractivity contribution in [3.05, 3.63) is 71.4 Å². The van der Waals surface area contributed by atoms with Crippen LogP contribution in [0.25, 0.3) is 5.82 Å². The third-order valence-corrected chi connectivity index (χ3v) is 4.63. The molecule has 1 atom stereocenters. The van der Waals surface area contributed by atoms with Crippen molar-refractivity contribution in [1.82, 2.24) is 25.1 Å². The van der Waals surface area contributed by atoms with Crippen LogP contribution in [0.3, 0.4) is 0 Å². The molecule has 0 radical (unpaired) electrons. The zero-order chi connectivity index (χ0) is 17.2. The first-order chi connectivity index (χ1) is 12.2. The molecule has 25 heavy (non-hydrogen) atoms. The molecule has 6 heteroatoms. The van der Waals surface area contributed by atoms with Gasteiger partial charge in [-0.1, -0.05) is 18.2 Å². The molecule has 2 heterocycles. The Morgan fingerprint density at radius 2 is 2.08 bits per heavy atom. The second-order valence-electron chi connectivity index (χ2n) is 6.32. The zero-order valence-corrected chi connectivity index (χ0v) is 14.0. The van der Waals surface area contributed by atoms with Crippen LogP contribution in [0, 0.1) is 0 Å². The minimum absolute atomic E-state index is 0.0543. The van der Waals surface area contributed by atoms with E-state index in [1.54, 1.807) is 24.7 Å². The van der Waals surface area contributed by atoms with Crippen molar-refractivity contribution in [3.63, 3.8) is 0 Å². The number of hydrogen-bond donors (Lipinski definition) is 1. The van der Waals surface area contributed by atoms with Crippen LogP contribution in [-0.2, 0) is 12.8 Å². The van der Waals surface area contributed by atoms with Crippen molar-refractivity contribution in [2.24, 2.45) is 0 Å². The van der Waals surface area contributed by atoms with Crippen molar-refractivity contribution in [2.75, 3.05) is 0 Å². The first-order valence-corrected chi connectivity index (χ1v) is 8.44. The van der Waals surface area contributed by atoms with Gasteiger partial charge < -0.3 is 5.32 Å². The summed E-state index contributed by atoms with van der Waals surface area (Å²) < 4.78 is 1.53. The number of hydrogen-bond acceptors (Lipinski definition) is 4. The lowest BCUT2D eigenvalue weighted by molar-refractivity contribution is 0.0939. The molecular weight excluding hydrogens is 314 g/mol. The monoisotopic (exact) mass is 333 g/mol. The third-order valence-electron chi connectivity index (χ3n) is 4.63. The molecule has 1 aromatic carbocycles.